The fourth-order valence-electron chi connectivity index (χ4n) is 4.36. The minimum Gasteiger partial charge on any atom is -0.493 e. The third kappa shape index (κ3) is 3.86. The van der Waals surface area contributed by atoms with Gasteiger partial charge in [0.15, 0.2) is 17.3 Å². The lowest BCUT2D eigenvalue weighted by molar-refractivity contribution is -0.119. The van der Waals surface area contributed by atoms with E-state index >= 15 is 0 Å². The molecule has 8 heteroatoms. The van der Waals surface area contributed by atoms with Crippen molar-refractivity contribution < 1.29 is 19.0 Å². The summed E-state index contributed by atoms with van der Waals surface area (Å²) in [5, 5.41) is 0. The van der Waals surface area contributed by atoms with Crippen molar-refractivity contribution in [1.29, 1.82) is 0 Å². The summed E-state index contributed by atoms with van der Waals surface area (Å²) in [7, 11) is 6.95. The number of carbonyl (C=O) groups excluding carboxylic acids is 1. The van der Waals surface area contributed by atoms with Gasteiger partial charge in [-0.05, 0) is 44.7 Å². The lowest BCUT2D eigenvalue weighted by Crippen LogP contribution is -2.50. The quantitative estimate of drug-likeness (QED) is 0.703. The van der Waals surface area contributed by atoms with E-state index in [9.17, 15) is 4.79 Å². The van der Waals surface area contributed by atoms with Crippen molar-refractivity contribution in [1.82, 2.24) is 9.97 Å². The molecule has 4 rings (SSSR count). The summed E-state index contributed by atoms with van der Waals surface area (Å²) in [5.41, 5.74) is 1.64. The normalized spacial score (nSPS) is 22.6. The summed E-state index contributed by atoms with van der Waals surface area (Å²) < 4.78 is 16.7. The van der Waals surface area contributed by atoms with Gasteiger partial charge in [0.05, 0.1) is 26.0 Å². The molecule has 0 N–H and O–H groups in total. The van der Waals surface area contributed by atoms with Crippen molar-refractivity contribution in [3.8, 4) is 17.2 Å². The van der Waals surface area contributed by atoms with Crippen molar-refractivity contribution in [2.24, 2.45) is 5.92 Å². The number of ether oxygens (including phenoxy) is 3. The van der Waals surface area contributed by atoms with Crippen LogP contribution in [0.4, 0.5) is 11.5 Å². The number of benzene rings is 1. The molecule has 31 heavy (non-hydrogen) atoms. The van der Waals surface area contributed by atoms with Crippen LogP contribution in [0.2, 0.25) is 0 Å². The zero-order valence-corrected chi connectivity index (χ0v) is 19.0. The average Bonchev–Trinajstić information content (AvgIpc) is 2.74. The molecule has 8 nitrogen and oxygen atoms in total. The van der Waals surface area contributed by atoms with Gasteiger partial charge < -0.3 is 24.0 Å². The summed E-state index contributed by atoms with van der Waals surface area (Å²) >= 11 is 0. The van der Waals surface area contributed by atoms with Crippen LogP contribution in [-0.2, 0) is 11.2 Å². The van der Waals surface area contributed by atoms with Crippen molar-refractivity contribution in [2.45, 2.75) is 45.3 Å². The Morgan fingerprint density at radius 1 is 1.10 bits per heavy atom. The Balaban J connectivity index is 1.40. The number of anilines is 2. The van der Waals surface area contributed by atoms with Crippen LogP contribution in [0.1, 0.15) is 31.3 Å². The van der Waals surface area contributed by atoms with E-state index in [4.69, 9.17) is 24.2 Å². The Kier molecular flexibility index (Phi) is 5.64. The molecule has 166 valence electrons. The van der Waals surface area contributed by atoms with Crippen LogP contribution < -0.4 is 24.0 Å². The maximum Gasteiger partial charge on any atom is 0.249 e. The first-order valence-corrected chi connectivity index (χ1v) is 10.6. The zero-order valence-electron chi connectivity index (χ0n) is 19.0. The molecule has 2 heterocycles. The number of likely N-dealkylation sites (N-methyl/N-ethyl adjacent to an activating group) is 2. The third-order valence-electron chi connectivity index (χ3n) is 6.35. The monoisotopic (exact) mass is 426 g/mol. The third-order valence-corrected chi connectivity index (χ3v) is 6.35. The summed E-state index contributed by atoms with van der Waals surface area (Å²) in [5.74, 6) is 4.33. The van der Waals surface area contributed by atoms with Gasteiger partial charge in [0.25, 0.3) is 0 Å². The second-order valence-electron chi connectivity index (χ2n) is 8.38. The Morgan fingerprint density at radius 3 is 2.48 bits per heavy atom. The van der Waals surface area contributed by atoms with Gasteiger partial charge >= 0.3 is 0 Å². The molecule has 1 fully saturated rings. The number of carbonyl (C=O) groups is 1. The summed E-state index contributed by atoms with van der Waals surface area (Å²) in [6.07, 6.45) is 2.89. The van der Waals surface area contributed by atoms with Gasteiger partial charge in [-0.1, -0.05) is 0 Å². The van der Waals surface area contributed by atoms with E-state index in [2.05, 4.69) is 0 Å². The summed E-state index contributed by atoms with van der Waals surface area (Å²) in [4.78, 5) is 25.6. The van der Waals surface area contributed by atoms with Crippen molar-refractivity contribution in [3.63, 3.8) is 0 Å². The van der Waals surface area contributed by atoms with Gasteiger partial charge in [-0.15, -0.1) is 0 Å². The number of nitrogens with zero attached hydrogens (tertiary/aromatic N) is 4. The van der Waals surface area contributed by atoms with E-state index in [1.807, 2.05) is 44.0 Å². The van der Waals surface area contributed by atoms with E-state index < -0.39 is 0 Å². The van der Waals surface area contributed by atoms with Crippen LogP contribution in [0.15, 0.2) is 18.2 Å². The Hall–Kier alpha value is -3.03. The largest absolute Gasteiger partial charge is 0.493 e. The molecule has 2 aromatic rings. The number of hydrogen-bond acceptors (Lipinski definition) is 7. The van der Waals surface area contributed by atoms with E-state index in [0.717, 1.165) is 48.0 Å². The lowest BCUT2D eigenvalue weighted by atomic mass is 9.80. The van der Waals surface area contributed by atoms with Crippen molar-refractivity contribution >= 4 is 17.4 Å². The minimum atomic E-state index is -0.234. The fourth-order valence-corrected chi connectivity index (χ4v) is 4.36. The molecule has 2 aliphatic rings. The van der Waals surface area contributed by atoms with Gasteiger partial charge in [-0.25, -0.2) is 9.97 Å². The van der Waals surface area contributed by atoms with Gasteiger partial charge in [0, 0.05) is 26.6 Å². The van der Waals surface area contributed by atoms with Gasteiger partial charge in [-0.2, -0.15) is 0 Å². The zero-order chi connectivity index (χ0) is 22.3. The molecular formula is C23H30N4O4. The Bertz CT molecular complexity index is 990. The van der Waals surface area contributed by atoms with Gasteiger partial charge in [-0.3, -0.25) is 4.79 Å². The number of hydrogen-bond donors (Lipinski definition) is 0. The highest BCUT2D eigenvalue weighted by Gasteiger charge is 2.36. The summed E-state index contributed by atoms with van der Waals surface area (Å²) in [6, 6.07) is 5.38. The molecule has 1 amide bonds. The molecule has 1 aliphatic heterocycles. The molecule has 1 atom stereocenters. The number of aryl methyl sites for hydroxylation is 1. The Labute approximate surface area is 183 Å². The van der Waals surface area contributed by atoms with Crippen molar-refractivity contribution in [3.05, 3.63) is 29.7 Å². The highest BCUT2D eigenvalue weighted by molar-refractivity contribution is 6.04. The molecule has 0 radical (unpaired) electrons. The molecular weight excluding hydrogens is 396 g/mol. The first kappa shape index (κ1) is 21.2. The average molecular weight is 427 g/mol. The van der Waals surface area contributed by atoms with Crippen LogP contribution >= 0.6 is 0 Å². The topological polar surface area (TPSA) is 77.0 Å². The second-order valence-corrected chi connectivity index (χ2v) is 8.38. The number of rotatable bonds is 6. The van der Waals surface area contributed by atoms with E-state index in [0.29, 0.717) is 17.4 Å². The van der Waals surface area contributed by atoms with E-state index in [1.165, 1.54) is 0 Å². The molecule has 1 saturated carbocycles. The number of amides is 1. The van der Waals surface area contributed by atoms with Crippen LogP contribution in [0.3, 0.4) is 0 Å². The smallest absolute Gasteiger partial charge is 0.249 e. The second kappa shape index (κ2) is 8.24. The molecule has 0 unspecified atom stereocenters. The molecule has 0 saturated heterocycles. The highest BCUT2D eigenvalue weighted by atomic mass is 16.5. The standard InChI is InChI=1S/C23H30N4O4/c1-13-21-22(26(3)14(2)23(28)27(21)4)25-20(24-13)11-15-9-17(10-15)31-16-7-8-18(29-5)19(12-16)30-6/h7-8,12,14-15,17H,9-11H2,1-6H3/t14-,15?,17?/m0/s1. The molecule has 0 bridgehead atoms. The maximum atomic E-state index is 12.4. The first-order chi connectivity index (χ1) is 14.8. The minimum absolute atomic E-state index is 0.0589. The lowest BCUT2D eigenvalue weighted by Gasteiger charge is -2.38. The highest BCUT2D eigenvalue weighted by Crippen LogP contribution is 2.38. The van der Waals surface area contributed by atoms with E-state index in [-0.39, 0.29) is 18.1 Å². The predicted molar refractivity (Wildman–Crippen MR) is 118 cm³/mol. The molecule has 1 aromatic carbocycles. The maximum absolute atomic E-state index is 12.4. The van der Waals surface area contributed by atoms with Crippen LogP contribution in [0, 0.1) is 12.8 Å². The number of fused-ring (bicyclic) bond motifs is 1. The summed E-state index contributed by atoms with van der Waals surface area (Å²) in [6.45, 7) is 3.85. The fraction of sp³-hybridized carbons (Fsp3) is 0.522. The predicted octanol–water partition coefficient (Wildman–Crippen LogP) is 3.00. The van der Waals surface area contributed by atoms with Crippen LogP contribution in [0.5, 0.6) is 17.2 Å². The van der Waals surface area contributed by atoms with Gasteiger partial charge in [0.1, 0.15) is 23.3 Å². The Morgan fingerprint density at radius 2 is 1.81 bits per heavy atom. The van der Waals surface area contributed by atoms with Gasteiger partial charge in [0.2, 0.25) is 5.91 Å². The SMILES string of the molecule is COc1ccc(OC2CC(Cc3nc(C)c4c(n3)N(C)[C@@H](C)C(=O)N4C)C2)cc1OC. The van der Waals surface area contributed by atoms with Crippen molar-refractivity contribution in [2.75, 3.05) is 38.1 Å². The number of aromatic nitrogens is 2. The van der Waals surface area contributed by atoms with Crippen LogP contribution in [0.25, 0.3) is 0 Å². The van der Waals surface area contributed by atoms with E-state index in [1.54, 1.807) is 26.2 Å². The molecule has 1 aromatic heterocycles. The number of methoxy groups -OCH3 is 2. The van der Waals surface area contributed by atoms with Crippen LogP contribution in [-0.4, -0.2) is 56.3 Å². The molecule has 1 aliphatic carbocycles. The molecule has 0 spiro atoms. The first-order valence-electron chi connectivity index (χ1n) is 10.6.